The first-order valence-corrected chi connectivity index (χ1v) is 11.2. The van der Waals surface area contributed by atoms with Crippen LogP contribution >= 0.6 is 11.6 Å². The van der Waals surface area contributed by atoms with E-state index >= 15 is 0 Å². The second-order valence-electron chi connectivity index (χ2n) is 6.47. The van der Waals surface area contributed by atoms with E-state index in [1.807, 2.05) is 0 Å². The van der Waals surface area contributed by atoms with Crippen LogP contribution in [0.1, 0.15) is 0 Å². The Morgan fingerprint density at radius 1 is 1.03 bits per heavy atom. The molecule has 0 unspecified atom stereocenters. The van der Waals surface area contributed by atoms with E-state index in [0.717, 1.165) is 0 Å². The maximum absolute atomic E-state index is 12.6. The highest BCUT2D eigenvalue weighted by Gasteiger charge is 2.26. The van der Waals surface area contributed by atoms with Crippen molar-refractivity contribution >= 4 is 39.2 Å². The van der Waals surface area contributed by atoms with Crippen molar-refractivity contribution in [2.24, 2.45) is 0 Å². The minimum absolute atomic E-state index is 0.121. The summed E-state index contributed by atoms with van der Waals surface area (Å²) in [6.45, 7) is 0.396. The van der Waals surface area contributed by atoms with Crippen molar-refractivity contribution in [3.8, 4) is 5.75 Å². The molecule has 1 heterocycles. The van der Waals surface area contributed by atoms with Crippen molar-refractivity contribution < 1.29 is 32.2 Å². The van der Waals surface area contributed by atoms with E-state index in [1.165, 1.54) is 28.6 Å². The van der Waals surface area contributed by atoms with Crippen LogP contribution in [0.25, 0.3) is 0 Å². The number of esters is 1. The summed E-state index contributed by atoms with van der Waals surface area (Å²) in [6, 6.07) is 12.4. The standard InChI is InChI=1S/C20H21ClN2O7S/c21-17-3-1-2-4-18(17)29-14-20(25)30-13-19(24)22-15-5-7-16(8-6-15)31(26,27)23-9-11-28-12-10-23/h1-8H,9-14H2,(H,22,24). The molecule has 0 bridgehead atoms. The van der Waals surface area contributed by atoms with Gasteiger partial charge in [0.15, 0.2) is 13.2 Å². The van der Waals surface area contributed by atoms with Crippen LogP contribution in [0.5, 0.6) is 5.75 Å². The van der Waals surface area contributed by atoms with Crippen molar-refractivity contribution in [3.05, 3.63) is 53.6 Å². The second-order valence-corrected chi connectivity index (χ2v) is 8.81. The van der Waals surface area contributed by atoms with Crippen LogP contribution in [0.15, 0.2) is 53.4 Å². The van der Waals surface area contributed by atoms with Crippen LogP contribution in [0.2, 0.25) is 5.02 Å². The SMILES string of the molecule is O=C(COC(=O)COc1ccccc1Cl)Nc1ccc(S(=O)(=O)N2CCOCC2)cc1. The third kappa shape index (κ3) is 6.41. The van der Waals surface area contributed by atoms with Gasteiger partial charge in [0.1, 0.15) is 5.75 Å². The Kier molecular flexibility index (Phi) is 7.85. The van der Waals surface area contributed by atoms with Crippen LogP contribution in [0.4, 0.5) is 5.69 Å². The first kappa shape index (κ1) is 23.0. The summed E-state index contributed by atoms with van der Waals surface area (Å²) in [5.41, 5.74) is 0.370. The Hall–Kier alpha value is -2.66. The molecule has 1 fully saturated rings. The van der Waals surface area contributed by atoms with Crippen molar-refractivity contribution in [3.63, 3.8) is 0 Å². The molecule has 1 aliphatic rings. The zero-order chi connectivity index (χ0) is 22.3. The Labute approximate surface area is 184 Å². The summed E-state index contributed by atoms with van der Waals surface area (Å²) in [7, 11) is -3.61. The molecule has 1 saturated heterocycles. The van der Waals surface area contributed by atoms with Gasteiger partial charge in [0.05, 0.1) is 23.1 Å². The number of ether oxygens (including phenoxy) is 3. The Morgan fingerprint density at radius 2 is 1.71 bits per heavy atom. The number of nitrogens with one attached hydrogen (secondary N) is 1. The van der Waals surface area contributed by atoms with Gasteiger partial charge in [-0.1, -0.05) is 23.7 Å². The van der Waals surface area contributed by atoms with E-state index in [-0.39, 0.29) is 4.90 Å². The lowest BCUT2D eigenvalue weighted by molar-refractivity contribution is -0.149. The first-order valence-electron chi connectivity index (χ1n) is 9.37. The number of sulfonamides is 1. The number of hydrogen-bond acceptors (Lipinski definition) is 7. The van der Waals surface area contributed by atoms with Crippen molar-refractivity contribution in [2.75, 3.05) is 44.8 Å². The minimum atomic E-state index is -3.61. The molecule has 1 amide bonds. The van der Waals surface area contributed by atoms with Crippen LogP contribution in [0, 0.1) is 0 Å². The van der Waals surface area contributed by atoms with Crippen LogP contribution in [-0.4, -0.2) is 64.1 Å². The largest absolute Gasteiger partial charge is 0.480 e. The molecule has 0 radical (unpaired) electrons. The minimum Gasteiger partial charge on any atom is -0.480 e. The van der Waals surface area contributed by atoms with Gasteiger partial charge in [-0.2, -0.15) is 4.31 Å². The quantitative estimate of drug-likeness (QED) is 0.589. The van der Waals surface area contributed by atoms with E-state index in [9.17, 15) is 18.0 Å². The molecule has 166 valence electrons. The fourth-order valence-electron chi connectivity index (χ4n) is 2.73. The molecular formula is C20H21ClN2O7S. The van der Waals surface area contributed by atoms with Crippen LogP contribution in [0.3, 0.4) is 0 Å². The summed E-state index contributed by atoms with van der Waals surface area (Å²) in [5.74, 6) is -0.977. The van der Waals surface area contributed by atoms with E-state index in [0.29, 0.717) is 42.8 Å². The zero-order valence-electron chi connectivity index (χ0n) is 16.5. The van der Waals surface area contributed by atoms with E-state index < -0.39 is 35.1 Å². The number of anilines is 1. The molecule has 0 aromatic heterocycles. The van der Waals surface area contributed by atoms with Gasteiger partial charge in [0, 0.05) is 18.8 Å². The number of rotatable bonds is 8. The van der Waals surface area contributed by atoms with Crippen molar-refractivity contribution in [2.45, 2.75) is 4.90 Å². The molecule has 11 heteroatoms. The molecule has 2 aromatic rings. The molecule has 1 aliphatic heterocycles. The molecule has 31 heavy (non-hydrogen) atoms. The molecule has 9 nitrogen and oxygen atoms in total. The Balaban J connectivity index is 1.46. The number of carbonyl (C=O) groups excluding carboxylic acids is 2. The smallest absolute Gasteiger partial charge is 0.344 e. The lowest BCUT2D eigenvalue weighted by Crippen LogP contribution is -2.40. The maximum atomic E-state index is 12.6. The van der Waals surface area contributed by atoms with Gasteiger partial charge < -0.3 is 19.5 Å². The number of morpholine rings is 1. The predicted molar refractivity (Wildman–Crippen MR) is 113 cm³/mol. The third-order valence-corrected chi connectivity index (χ3v) is 6.52. The molecule has 0 saturated carbocycles. The van der Waals surface area contributed by atoms with E-state index in [1.54, 1.807) is 24.3 Å². The summed E-state index contributed by atoms with van der Waals surface area (Å²) in [6.07, 6.45) is 0. The normalized spacial score (nSPS) is 14.6. The highest BCUT2D eigenvalue weighted by Crippen LogP contribution is 2.23. The van der Waals surface area contributed by atoms with Gasteiger partial charge in [0.25, 0.3) is 5.91 Å². The fraction of sp³-hybridized carbons (Fsp3) is 0.300. The van der Waals surface area contributed by atoms with Gasteiger partial charge >= 0.3 is 5.97 Å². The topological polar surface area (TPSA) is 111 Å². The molecule has 2 aromatic carbocycles. The lowest BCUT2D eigenvalue weighted by atomic mass is 10.3. The Morgan fingerprint density at radius 3 is 2.39 bits per heavy atom. The average molecular weight is 469 g/mol. The number of nitrogens with zero attached hydrogens (tertiary/aromatic N) is 1. The highest BCUT2D eigenvalue weighted by molar-refractivity contribution is 7.89. The zero-order valence-corrected chi connectivity index (χ0v) is 18.0. The lowest BCUT2D eigenvalue weighted by Gasteiger charge is -2.26. The monoisotopic (exact) mass is 468 g/mol. The number of para-hydroxylation sites is 1. The molecule has 3 rings (SSSR count). The number of carbonyl (C=O) groups is 2. The number of benzene rings is 2. The van der Waals surface area contributed by atoms with Gasteiger partial charge in [-0.05, 0) is 36.4 Å². The highest BCUT2D eigenvalue weighted by atomic mass is 35.5. The van der Waals surface area contributed by atoms with E-state index in [4.69, 9.17) is 25.8 Å². The molecule has 0 atom stereocenters. The van der Waals surface area contributed by atoms with Gasteiger partial charge in [0.2, 0.25) is 10.0 Å². The number of hydrogen-bond donors (Lipinski definition) is 1. The van der Waals surface area contributed by atoms with Crippen LogP contribution < -0.4 is 10.1 Å². The van der Waals surface area contributed by atoms with Gasteiger partial charge in [-0.25, -0.2) is 13.2 Å². The molecule has 0 aliphatic carbocycles. The predicted octanol–water partition coefficient (Wildman–Crippen LogP) is 1.92. The van der Waals surface area contributed by atoms with E-state index in [2.05, 4.69) is 5.32 Å². The summed E-state index contributed by atoms with van der Waals surface area (Å²) >= 11 is 5.92. The average Bonchev–Trinajstić information content (AvgIpc) is 2.78. The maximum Gasteiger partial charge on any atom is 0.344 e. The molecule has 0 spiro atoms. The second kappa shape index (κ2) is 10.6. The van der Waals surface area contributed by atoms with Crippen molar-refractivity contribution in [1.82, 2.24) is 4.31 Å². The van der Waals surface area contributed by atoms with Gasteiger partial charge in [-0.15, -0.1) is 0 Å². The fourth-order valence-corrected chi connectivity index (χ4v) is 4.33. The summed E-state index contributed by atoms with van der Waals surface area (Å²) < 4.78 is 41.8. The summed E-state index contributed by atoms with van der Waals surface area (Å²) in [5, 5.41) is 2.89. The van der Waals surface area contributed by atoms with Crippen LogP contribution in [-0.2, 0) is 29.1 Å². The van der Waals surface area contributed by atoms with Crippen molar-refractivity contribution in [1.29, 1.82) is 0 Å². The number of halogens is 1. The molecule has 1 N–H and O–H groups in total. The van der Waals surface area contributed by atoms with Gasteiger partial charge in [-0.3, -0.25) is 4.79 Å². The number of amides is 1. The molecular weight excluding hydrogens is 448 g/mol. The summed E-state index contributed by atoms with van der Waals surface area (Å²) in [4.78, 5) is 23.8. The Bertz CT molecular complexity index is 1020. The first-order chi connectivity index (χ1) is 14.9. The third-order valence-electron chi connectivity index (χ3n) is 4.29.